The minimum Gasteiger partial charge on any atom is -0.396 e. The Bertz CT molecular complexity index is 240. The molecule has 1 aliphatic heterocycles. The topological polar surface area (TPSA) is 41.5 Å². The van der Waals surface area contributed by atoms with Gasteiger partial charge in [0.1, 0.15) is 0 Å². The van der Waals surface area contributed by atoms with Crippen molar-refractivity contribution in [3.8, 4) is 0 Å². The lowest BCUT2D eigenvalue weighted by Crippen LogP contribution is -2.71. The van der Waals surface area contributed by atoms with Crippen LogP contribution in [0.5, 0.6) is 0 Å². The van der Waals surface area contributed by atoms with Crippen LogP contribution >= 0.6 is 0 Å². The Morgan fingerprint density at radius 3 is 2.93 bits per heavy atom. The average Bonchev–Trinajstić information content (AvgIpc) is 2.55. The standard InChI is InChI=1S/C12H21NO2/c14-7-2-6-13-10-9-3-8-15-11(9)12(10)4-1-5-12/h9-11,13-14H,1-8H2. The van der Waals surface area contributed by atoms with E-state index in [0.29, 0.717) is 24.2 Å². The Labute approximate surface area is 91.2 Å². The van der Waals surface area contributed by atoms with Gasteiger partial charge >= 0.3 is 0 Å². The zero-order valence-electron chi connectivity index (χ0n) is 9.24. The molecular formula is C12H21NO2. The van der Waals surface area contributed by atoms with Gasteiger partial charge in [-0.1, -0.05) is 6.42 Å². The van der Waals surface area contributed by atoms with Crippen molar-refractivity contribution in [2.75, 3.05) is 19.8 Å². The van der Waals surface area contributed by atoms with Gasteiger partial charge in [-0.15, -0.1) is 0 Å². The van der Waals surface area contributed by atoms with Crippen molar-refractivity contribution < 1.29 is 9.84 Å². The van der Waals surface area contributed by atoms with Crippen molar-refractivity contribution in [3.63, 3.8) is 0 Å². The summed E-state index contributed by atoms with van der Waals surface area (Å²) in [4.78, 5) is 0. The van der Waals surface area contributed by atoms with Crippen LogP contribution in [0, 0.1) is 11.3 Å². The van der Waals surface area contributed by atoms with Gasteiger partial charge in [0.25, 0.3) is 0 Å². The molecule has 0 aromatic heterocycles. The van der Waals surface area contributed by atoms with Crippen LogP contribution in [0.4, 0.5) is 0 Å². The van der Waals surface area contributed by atoms with Gasteiger partial charge < -0.3 is 15.2 Å². The van der Waals surface area contributed by atoms with E-state index in [4.69, 9.17) is 9.84 Å². The third-order valence-corrected chi connectivity index (χ3v) is 4.74. The maximum absolute atomic E-state index is 8.79. The van der Waals surface area contributed by atoms with Crippen molar-refractivity contribution in [3.05, 3.63) is 0 Å². The van der Waals surface area contributed by atoms with Gasteiger partial charge in [-0.3, -0.25) is 0 Å². The number of ether oxygens (including phenoxy) is 1. The lowest BCUT2D eigenvalue weighted by molar-refractivity contribution is -0.175. The summed E-state index contributed by atoms with van der Waals surface area (Å²) < 4.78 is 5.86. The van der Waals surface area contributed by atoms with Gasteiger partial charge in [0.05, 0.1) is 6.10 Å². The van der Waals surface area contributed by atoms with Gasteiger partial charge in [-0.25, -0.2) is 0 Å². The van der Waals surface area contributed by atoms with Gasteiger partial charge in [-0.2, -0.15) is 0 Å². The van der Waals surface area contributed by atoms with Crippen LogP contribution in [0.25, 0.3) is 0 Å². The number of aliphatic hydroxyl groups excluding tert-OH is 1. The molecule has 1 spiro atoms. The molecular weight excluding hydrogens is 190 g/mol. The maximum Gasteiger partial charge on any atom is 0.0690 e. The normalized spacial score (nSPS) is 41.0. The number of nitrogens with one attached hydrogen (secondary N) is 1. The highest BCUT2D eigenvalue weighted by Crippen LogP contribution is 2.62. The molecule has 2 N–H and O–H groups in total. The molecule has 86 valence electrons. The molecule has 3 rings (SSSR count). The highest BCUT2D eigenvalue weighted by molar-refractivity contribution is 5.18. The van der Waals surface area contributed by atoms with Crippen LogP contribution < -0.4 is 5.32 Å². The molecule has 0 aromatic carbocycles. The molecule has 2 saturated carbocycles. The van der Waals surface area contributed by atoms with Crippen molar-refractivity contribution in [2.24, 2.45) is 11.3 Å². The van der Waals surface area contributed by atoms with E-state index in [0.717, 1.165) is 25.5 Å². The Morgan fingerprint density at radius 1 is 1.40 bits per heavy atom. The highest BCUT2D eigenvalue weighted by atomic mass is 16.5. The third-order valence-electron chi connectivity index (χ3n) is 4.74. The van der Waals surface area contributed by atoms with Crippen molar-refractivity contribution in [2.45, 2.75) is 44.2 Å². The van der Waals surface area contributed by atoms with Crippen LogP contribution in [-0.4, -0.2) is 37.0 Å². The molecule has 1 saturated heterocycles. The first-order chi connectivity index (χ1) is 7.38. The summed E-state index contributed by atoms with van der Waals surface area (Å²) in [5, 5.41) is 12.4. The quantitative estimate of drug-likeness (QED) is 0.679. The highest BCUT2D eigenvalue weighted by Gasteiger charge is 2.66. The summed E-state index contributed by atoms with van der Waals surface area (Å²) >= 11 is 0. The van der Waals surface area contributed by atoms with Gasteiger partial charge in [0, 0.05) is 30.6 Å². The fourth-order valence-corrected chi connectivity index (χ4v) is 3.90. The van der Waals surface area contributed by atoms with Crippen LogP contribution in [0.3, 0.4) is 0 Å². The molecule has 0 amide bonds. The van der Waals surface area contributed by atoms with E-state index in [1.807, 2.05) is 0 Å². The first kappa shape index (κ1) is 10.1. The Kier molecular flexibility index (Phi) is 2.49. The van der Waals surface area contributed by atoms with E-state index in [1.54, 1.807) is 0 Å². The SMILES string of the molecule is OCCCNC1C2CCOC2C12CCC2. The lowest BCUT2D eigenvalue weighted by atomic mass is 9.46. The second kappa shape index (κ2) is 3.72. The predicted molar refractivity (Wildman–Crippen MR) is 57.6 cm³/mol. The Hall–Kier alpha value is -0.120. The molecule has 3 aliphatic rings. The van der Waals surface area contributed by atoms with Gasteiger partial charge in [0.15, 0.2) is 0 Å². The fourth-order valence-electron chi connectivity index (χ4n) is 3.90. The molecule has 3 nitrogen and oxygen atoms in total. The minimum absolute atomic E-state index is 0.303. The van der Waals surface area contributed by atoms with Crippen molar-refractivity contribution >= 4 is 0 Å². The molecule has 3 fully saturated rings. The number of fused-ring (bicyclic) bond motifs is 2. The van der Waals surface area contributed by atoms with E-state index in [1.165, 1.54) is 25.7 Å². The molecule has 3 atom stereocenters. The number of hydrogen-bond donors (Lipinski definition) is 2. The van der Waals surface area contributed by atoms with Crippen LogP contribution in [0.1, 0.15) is 32.1 Å². The minimum atomic E-state index is 0.303. The van der Waals surface area contributed by atoms with Gasteiger partial charge in [-0.05, 0) is 32.2 Å². The average molecular weight is 211 g/mol. The number of aliphatic hydroxyl groups is 1. The lowest BCUT2D eigenvalue weighted by Gasteiger charge is -2.63. The smallest absolute Gasteiger partial charge is 0.0690 e. The van der Waals surface area contributed by atoms with Gasteiger partial charge in [0.2, 0.25) is 0 Å². The van der Waals surface area contributed by atoms with E-state index in [9.17, 15) is 0 Å². The summed E-state index contributed by atoms with van der Waals surface area (Å²) in [6, 6.07) is 0.685. The number of hydrogen-bond acceptors (Lipinski definition) is 3. The second-order valence-electron chi connectivity index (χ2n) is 5.34. The Balaban J connectivity index is 1.61. The van der Waals surface area contributed by atoms with Crippen LogP contribution in [0.15, 0.2) is 0 Å². The maximum atomic E-state index is 8.79. The summed E-state index contributed by atoms with van der Waals surface area (Å²) in [7, 11) is 0. The fraction of sp³-hybridized carbons (Fsp3) is 1.00. The largest absolute Gasteiger partial charge is 0.396 e. The Morgan fingerprint density at radius 2 is 2.27 bits per heavy atom. The molecule has 3 unspecified atom stereocenters. The van der Waals surface area contributed by atoms with Crippen LogP contribution in [0.2, 0.25) is 0 Å². The molecule has 0 aromatic rings. The summed E-state index contributed by atoms with van der Waals surface area (Å²) in [5.41, 5.74) is 0.497. The molecule has 0 radical (unpaired) electrons. The first-order valence-corrected chi connectivity index (χ1v) is 6.34. The van der Waals surface area contributed by atoms with E-state index >= 15 is 0 Å². The van der Waals surface area contributed by atoms with Crippen molar-refractivity contribution in [1.82, 2.24) is 5.32 Å². The monoisotopic (exact) mass is 211 g/mol. The first-order valence-electron chi connectivity index (χ1n) is 6.34. The second-order valence-corrected chi connectivity index (χ2v) is 5.34. The third kappa shape index (κ3) is 1.30. The predicted octanol–water partition coefficient (Wildman–Crippen LogP) is 0.916. The summed E-state index contributed by atoms with van der Waals surface area (Å²) in [6.07, 6.45) is 6.77. The molecule has 0 bridgehead atoms. The zero-order chi connectivity index (χ0) is 10.3. The van der Waals surface area contributed by atoms with E-state index < -0.39 is 0 Å². The molecule has 2 aliphatic carbocycles. The molecule has 1 heterocycles. The van der Waals surface area contributed by atoms with E-state index in [2.05, 4.69) is 5.32 Å². The number of rotatable bonds is 4. The molecule has 3 heteroatoms. The van der Waals surface area contributed by atoms with Crippen molar-refractivity contribution in [1.29, 1.82) is 0 Å². The molecule has 15 heavy (non-hydrogen) atoms. The van der Waals surface area contributed by atoms with Crippen LogP contribution in [-0.2, 0) is 4.74 Å². The van der Waals surface area contributed by atoms with E-state index in [-0.39, 0.29) is 0 Å². The zero-order valence-corrected chi connectivity index (χ0v) is 9.24. The summed E-state index contributed by atoms with van der Waals surface area (Å²) in [6.45, 7) is 2.23. The summed E-state index contributed by atoms with van der Waals surface area (Å²) in [5.74, 6) is 0.768.